The van der Waals surface area contributed by atoms with Gasteiger partial charge in [0.15, 0.2) is 0 Å². The Hall–Kier alpha value is -3.04. The van der Waals surface area contributed by atoms with Gasteiger partial charge in [-0.15, -0.1) is 0 Å². The summed E-state index contributed by atoms with van der Waals surface area (Å²) >= 11 is 0. The van der Waals surface area contributed by atoms with Crippen LogP contribution in [0, 0.1) is 6.92 Å². The molecular formula is C26H30F3N5O. The van der Waals surface area contributed by atoms with E-state index < -0.39 is 11.7 Å². The molecule has 1 aliphatic carbocycles. The number of hydrogen-bond donors (Lipinski definition) is 3. The maximum atomic E-state index is 13.3. The van der Waals surface area contributed by atoms with Gasteiger partial charge in [0.05, 0.1) is 11.3 Å². The van der Waals surface area contributed by atoms with E-state index in [4.69, 9.17) is 0 Å². The van der Waals surface area contributed by atoms with Crippen molar-refractivity contribution in [3.05, 3.63) is 64.4 Å². The van der Waals surface area contributed by atoms with Crippen molar-refractivity contribution in [2.75, 3.05) is 56.0 Å². The van der Waals surface area contributed by atoms with Crippen LogP contribution in [0.25, 0.3) is 5.57 Å². The van der Waals surface area contributed by atoms with Gasteiger partial charge < -0.3 is 20.6 Å². The number of aromatic hydroxyl groups is 1. The van der Waals surface area contributed by atoms with Gasteiger partial charge in [-0.3, -0.25) is 4.90 Å². The molecule has 1 saturated heterocycles. The predicted molar refractivity (Wildman–Crippen MR) is 132 cm³/mol. The first-order chi connectivity index (χ1) is 16.8. The molecule has 1 aromatic carbocycles. The highest BCUT2D eigenvalue weighted by Gasteiger charge is 2.32. The number of fused-ring (bicyclic) bond motifs is 1. The number of alkyl halides is 3. The molecule has 0 radical (unpaired) electrons. The van der Waals surface area contributed by atoms with Crippen LogP contribution in [0.5, 0.6) is 5.75 Å². The molecule has 0 atom stereocenters. The second-order valence-corrected chi connectivity index (χ2v) is 9.38. The fraction of sp³-hybridized carbons (Fsp3) is 0.423. The number of piperazine rings is 1. The van der Waals surface area contributed by atoms with E-state index in [1.807, 2.05) is 18.0 Å². The van der Waals surface area contributed by atoms with Crippen LogP contribution >= 0.6 is 0 Å². The van der Waals surface area contributed by atoms with E-state index in [1.165, 1.54) is 5.57 Å². The van der Waals surface area contributed by atoms with Gasteiger partial charge in [0.25, 0.3) is 0 Å². The molecule has 0 amide bonds. The zero-order chi connectivity index (χ0) is 24.6. The summed E-state index contributed by atoms with van der Waals surface area (Å²) in [5.74, 6) is 0.575. The zero-order valence-corrected chi connectivity index (χ0v) is 19.8. The molecule has 3 N–H and O–H groups in total. The minimum absolute atomic E-state index is 0.140. The van der Waals surface area contributed by atoms with E-state index >= 15 is 0 Å². The highest BCUT2D eigenvalue weighted by molar-refractivity contribution is 5.85. The average molecular weight is 486 g/mol. The lowest BCUT2D eigenvalue weighted by atomic mass is 10.00. The molecule has 2 aliphatic heterocycles. The molecule has 5 rings (SSSR count). The number of halogens is 3. The number of rotatable bonds is 5. The monoisotopic (exact) mass is 485 g/mol. The Bertz CT molecular complexity index is 1170. The number of benzene rings is 1. The fourth-order valence-electron chi connectivity index (χ4n) is 5.11. The summed E-state index contributed by atoms with van der Waals surface area (Å²) in [6.07, 6.45) is 2.81. The Labute approximate surface area is 203 Å². The van der Waals surface area contributed by atoms with Gasteiger partial charge in [-0.1, -0.05) is 17.7 Å². The van der Waals surface area contributed by atoms with Crippen LogP contribution in [0.4, 0.5) is 24.7 Å². The molecule has 35 heavy (non-hydrogen) atoms. The quantitative estimate of drug-likeness (QED) is 0.591. The van der Waals surface area contributed by atoms with Gasteiger partial charge in [-0.05, 0) is 42.7 Å². The zero-order valence-electron chi connectivity index (χ0n) is 19.8. The minimum atomic E-state index is -4.46. The fourth-order valence-corrected chi connectivity index (χ4v) is 5.11. The van der Waals surface area contributed by atoms with Crippen molar-refractivity contribution in [2.24, 2.45) is 0 Å². The van der Waals surface area contributed by atoms with Gasteiger partial charge in [-0.2, -0.15) is 13.2 Å². The number of pyridine rings is 1. The van der Waals surface area contributed by atoms with Gasteiger partial charge in [0.1, 0.15) is 11.6 Å². The third kappa shape index (κ3) is 5.01. The molecule has 0 unspecified atom stereocenters. The molecule has 0 saturated carbocycles. The predicted octanol–water partition coefficient (Wildman–Crippen LogP) is 4.17. The van der Waals surface area contributed by atoms with Crippen LogP contribution in [0.3, 0.4) is 0 Å². The number of nitrogens with one attached hydrogen (secondary N) is 2. The summed E-state index contributed by atoms with van der Waals surface area (Å²) in [6, 6.07) is 3.07. The average Bonchev–Trinajstić information content (AvgIpc) is 3.29. The molecular weight excluding hydrogens is 455 g/mol. The van der Waals surface area contributed by atoms with Crippen LogP contribution in [-0.2, 0) is 12.7 Å². The minimum Gasteiger partial charge on any atom is -0.508 e. The lowest BCUT2D eigenvalue weighted by Crippen LogP contribution is -2.44. The highest BCUT2D eigenvalue weighted by atomic mass is 19.4. The van der Waals surface area contributed by atoms with Crippen LogP contribution < -0.4 is 15.5 Å². The Morgan fingerprint density at radius 2 is 1.89 bits per heavy atom. The third-order valence-corrected chi connectivity index (χ3v) is 6.96. The number of hydrogen-bond acceptors (Lipinski definition) is 6. The topological polar surface area (TPSA) is 63.7 Å². The molecule has 1 aromatic heterocycles. The molecule has 3 aliphatic rings. The highest BCUT2D eigenvalue weighted by Crippen LogP contribution is 2.39. The molecule has 1 fully saturated rings. The molecule has 186 valence electrons. The molecule has 2 aromatic rings. The lowest BCUT2D eigenvalue weighted by molar-refractivity contribution is -0.137. The van der Waals surface area contributed by atoms with Crippen LogP contribution in [0.15, 0.2) is 42.1 Å². The number of phenolic OH excluding ortho intramolecular Hbond substituents is 1. The van der Waals surface area contributed by atoms with Crippen molar-refractivity contribution in [3.8, 4) is 5.75 Å². The Morgan fingerprint density at radius 1 is 1.09 bits per heavy atom. The maximum Gasteiger partial charge on any atom is 0.416 e. The normalized spacial score (nSPS) is 18.7. The number of aromatic nitrogens is 1. The van der Waals surface area contributed by atoms with Gasteiger partial charge in [0, 0.05) is 69.7 Å². The summed E-state index contributed by atoms with van der Waals surface area (Å²) in [6.45, 7) is 8.52. The lowest BCUT2D eigenvalue weighted by Gasteiger charge is -2.34. The van der Waals surface area contributed by atoms with E-state index in [2.05, 4.69) is 32.7 Å². The van der Waals surface area contributed by atoms with E-state index in [0.717, 1.165) is 79.7 Å². The molecule has 6 nitrogen and oxygen atoms in total. The maximum absolute atomic E-state index is 13.3. The Kier molecular flexibility index (Phi) is 6.46. The van der Waals surface area contributed by atoms with E-state index in [9.17, 15) is 18.3 Å². The van der Waals surface area contributed by atoms with Crippen LogP contribution in [-0.4, -0.2) is 60.8 Å². The summed E-state index contributed by atoms with van der Waals surface area (Å²) < 4.78 is 39.8. The van der Waals surface area contributed by atoms with Crippen molar-refractivity contribution in [1.82, 2.24) is 15.2 Å². The first kappa shape index (κ1) is 23.7. The Balaban J connectivity index is 1.41. The molecule has 0 bridgehead atoms. The van der Waals surface area contributed by atoms with Crippen molar-refractivity contribution in [3.63, 3.8) is 0 Å². The largest absolute Gasteiger partial charge is 0.508 e. The van der Waals surface area contributed by atoms with E-state index in [-0.39, 0.29) is 17.9 Å². The number of nitrogens with zero attached hydrogens (tertiary/aromatic N) is 3. The van der Waals surface area contributed by atoms with E-state index in [0.29, 0.717) is 18.9 Å². The Morgan fingerprint density at radius 3 is 2.66 bits per heavy atom. The molecule has 0 spiro atoms. The first-order valence-electron chi connectivity index (χ1n) is 12.0. The van der Waals surface area contributed by atoms with Crippen molar-refractivity contribution < 1.29 is 18.3 Å². The summed E-state index contributed by atoms with van der Waals surface area (Å²) in [5, 5.41) is 17.0. The van der Waals surface area contributed by atoms with Crippen LogP contribution in [0.2, 0.25) is 0 Å². The second kappa shape index (κ2) is 9.54. The van der Waals surface area contributed by atoms with Gasteiger partial charge >= 0.3 is 6.18 Å². The van der Waals surface area contributed by atoms with Gasteiger partial charge in [0.2, 0.25) is 0 Å². The second-order valence-electron chi connectivity index (χ2n) is 9.38. The van der Waals surface area contributed by atoms with Crippen LogP contribution in [0.1, 0.15) is 28.7 Å². The first-order valence-corrected chi connectivity index (χ1v) is 12.0. The summed E-state index contributed by atoms with van der Waals surface area (Å²) in [5.41, 5.74) is 4.92. The number of allylic oxidation sites excluding steroid dienone is 3. The van der Waals surface area contributed by atoms with Crippen molar-refractivity contribution >= 4 is 17.1 Å². The number of anilines is 2. The molecule has 3 heterocycles. The SMILES string of the molecule is Cc1c(C2=CCC(CN3CCNCC3)=C2)cnc2c1N(Cc1cc(C(F)(F)F)ccc1O)CCN2. The molecule has 9 heteroatoms. The number of phenols is 1. The summed E-state index contributed by atoms with van der Waals surface area (Å²) in [4.78, 5) is 9.12. The van der Waals surface area contributed by atoms with Gasteiger partial charge in [-0.25, -0.2) is 4.98 Å². The van der Waals surface area contributed by atoms with Crippen molar-refractivity contribution in [2.45, 2.75) is 26.1 Å². The summed E-state index contributed by atoms with van der Waals surface area (Å²) in [7, 11) is 0. The van der Waals surface area contributed by atoms with E-state index in [1.54, 1.807) is 0 Å². The third-order valence-electron chi connectivity index (χ3n) is 6.96. The standard InChI is InChI=1S/C26H30F3N5O/c1-17-22(19-3-2-18(12-19)15-33-9-6-30-7-10-33)14-32-25-24(17)34(11-8-31-25)16-20-13-21(26(27,28)29)4-5-23(20)35/h3-5,12-14,30,35H,2,6-11,15-16H2,1H3,(H,31,32). The smallest absolute Gasteiger partial charge is 0.416 e. The van der Waals surface area contributed by atoms with Crippen molar-refractivity contribution in [1.29, 1.82) is 0 Å².